The number of rotatable bonds is 7. The van der Waals surface area contributed by atoms with Crippen molar-refractivity contribution in [1.29, 1.82) is 0 Å². The highest BCUT2D eigenvalue weighted by molar-refractivity contribution is 5.97. The number of nitrogens with one attached hydrogen (secondary N) is 2. The van der Waals surface area contributed by atoms with Crippen LogP contribution in [-0.4, -0.2) is 35.0 Å². The predicted octanol–water partition coefficient (Wildman–Crippen LogP) is 0.950. The van der Waals surface area contributed by atoms with Gasteiger partial charge in [-0.15, -0.1) is 6.58 Å². The van der Waals surface area contributed by atoms with Gasteiger partial charge in [0.25, 0.3) is 5.91 Å². The van der Waals surface area contributed by atoms with Gasteiger partial charge in [-0.1, -0.05) is 24.3 Å². The summed E-state index contributed by atoms with van der Waals surface area (Å²) in [5.41, 5.74) is 0.429. The van der Waals surface area contributed by atoms with Gasteiger partial charge in [0.1, 0.15) is 12.1 Å². The summed E-state index contributed by atoms with van der Waals surface area (Å²) >= 11 is 0. The molecule has 0 radical (unpaired) electrons. The van der Waals surface area contributed by atoms with E-state index in [-0.39, 0.29) is 6.42 Å². The fourth-order valence-electron chi connectivity index (χ4n) is 1.62. The second kappa shape index (κ2) is 7.84. The summed E-state index contributed by atoms with van der Waals surface area (Å²) in [4.78, 5) is 34.7. The first-order valence-electron chi connectivity index (χ1n) is 6.45. The maximum absolute atomic E-state index is 11.9. The maximum Gasteiger partial charge on any atom is 0.326 e. The molecular weight excluding hydrogens is 272 g/mol. The molecule has 1 aromatic rings. The Morgan fingerprint density at radius 2 is 1.86 bits per heavy atom. The topological polar surface area (TPSA) is 95.5 Å². The van der Waals surface area contributed by atoms with Crippen LogP contribution in [0.3, 0.4) is 0 Å². The van der Waals surface area contributed by atoms with Gasteiger partial charge >= 0.3 is 5.97 Å². The van der Waals surface area contributed by atoms with Crippen molar-refractivity contribution < 1.29 is 19.5 Å². The number of benzene rings is 1. The average molecular weight is 290 g/mol. The molecule has 0 saturated carbocycles. The minimum absolute atomic E-state index is 0.112. The number of carboxylic acid groups (broad SMARTS) is 1. The standard InChI is InChI=1S/C15H18N2O4/c1-3-7-12(15(20)21)17-13(18)10(2)16-14(19)11-8-5-4-6-9-11/h3-6,8-10,12H,1,7H2,2H3,(H,16,19)(H,17,18)(H,20,21). The molecule has 0 fully saturated rings. The Labute approximate surface area is 122 Å². The van der Waals surface area contributed by atoms with E-state index in [2.05, 4.69) is 17.2 Å². The Bertz CT molecular complexity index is 528. The molecule has 0 aliphatic carbocycles. The Hall–Kier alpha value is -2.63. The molecule has 2 unspecified atom stereocenters. The Morgan fingerprint density at radius 3 is 2.38 bits per heavy atom. The van der Waals surface area contributed by atoms with Gasteiger partial charge in [-0.25, -0.2) is 4.79 Å². The first-order valence-corrected chi connectivity index (χ1v) is 6.45. The monoisotopic (exact) mass is 290 g/mol. The van der Waals surface area contributed by atoms with Gasteiger partial charge in [0.2, 0.25) is 5.91 Å². The molecule has 0 aromatic heterocycles. The molecule has 6 heteroatoms. The lowest BCUT2D eigenvalue weighted by Gasteiger charge is -2.17. The van der Waals surface area contributed by atoms with Crippen LogP contribution in [0.15, 0.2) is 43.0 Å². The molecule has 0 heterocycles. The SMILES string of the molecule is C=CCC(NC(=O)C(C)NC(=O)c1ccccc1)C(=O)O. The van der Waals surface area contributed by atoms with Gasteiger partial charge in [-0.05, 0) is 25.5 Å². The van der Waals surface area contributed by atoms with Crippen LogP contribution in [0.4, 0.5) is 0 Å². The summed E-state index contributed by atoms with van der Waals surface area (Å²) in [6.45, 7) is 4.93. The number of carbonyl (C=O) groups excluding carboxylic acids is 2. The molecule has 2 amide bonds. The number of aliphatic carboxylic acids is 1. The Morgan fingerprint density at radius 1 is 1.24 bits per heavy atom. The van der Waals surface area contributed by atoms with Crippen molar-refractivity contribution in [2.75, 3.05) is 0 Å². The van der Waals surface area contributed by atoms with Crippen molar-refractivity contribution in [1.82, 2.24) is 10.6 Å². The zero-order valence-corrected chi connectivity index (χ0v) is 11.7. The second-order valence-corrected chi connectivity index (χ2v) is 4.48. The van der Waals surface area contributed by atoms with Crippen molar-refractivity contribution in [3.8, 4) is 0 Å². The molecular formula is C15H18N2O4. The van der Waals surface area contributed by atoms with Crippen LogP contribution < -0.4 is 10.6 Å². The molecule has 6 nitrogen and oxygen atoms in total. The summed E-state index contributed by atoms with van der Waals surface area (Å²) in [7, 11) is 0. The lowest BCUT2D eigenvalue weighted by atomic mass is 10.1. The van der Waals surface area contributed by atoms with E-state index in [1.54, 1.807) is 30.3 Å². The van der Waals surface area contributed by atoms with Crippen molar-refractivity contribution >= 4 is 17.8 Å². The lowest BCUT2D eigenvalue weighted by molar-refractivity contribution is -0.141. The van der Waals surface area contributed by atoms with E-state index in [9.17, 15) is 14.4 Å². The minimum atomic E-state index is -1.15. The third-order valence-corrected chi connectivity index (χ3v) is 2.79. The largest absolute Gasteiger partial charge is 0.480 e. The number of hydrogen-bond donors (Lipinski definition) is 3. The second-order valence-electron chi connectivity index (χ2n) is 4.48. The zero-order valence-electron chi connectivity index (χ0n) is 11.7. The fraction of sp³-hybridized carbons (Fsp3) is 0.267. The van der Waals surface area contributed by atoms with Crippen LogP contribution in [0.1, 0.15) is 23.7 Å². The summed E-state index contributed by atoms with van der Waals surface area (Å²) in [5, 5.41) is 13.8. The van der Waals surface area contributed by atoms with E-state index in [0.717, 1.165) is 0 Å². The molecule has 0 aliphatic rings. The van der Waals surface area contributed by atoms with Crippen molar-refractivity contribution in [3.05, 3.63) is 48.6 Å². The highest BCUT2D eigenvalue weighted by Gasteiger charge is 2.23. The van der Waals surface area contributed by atoms with Gasteiger partial charge in [0, 0.05) is 5.56 Å². The average Bonchev–Trinajstić information content (AvgIpc) is 2.47. The lowest BCUT2D eigenvalue weighted by Crippen LogP contribution is -2.50. The maximum atomic E-state index is 11.9. The molecule has 0 aliphatic heterocycles. The van der Waals surface area contributed by atoms with Crippen LogP contribution >= 0.6 is 0 Å². The number of hydrogen-bond acceptors (Lipinski definition) is 3. The van der Waals surface area contributed by atoms with Crippen molar-refractivity contribution in [3.63, 3.8) is 0 Å². The normalized spacial score (nSPS) is 12.8. The van der Waals surface area contributed by atoms with Crippen LogP contribution in [0.25, 0.3) is 0 Å². The van der Waals surface area contributed by atoms with Crippen LogP contribution in [0.2, 0.25) is 0 Å². The highest BCUT2D eigenvalue weighted by Crippen LogP contribution is 2.00. The third-order valence-electron chi connectivity index (χ3n) is 2.79. The predicted molar refractivity (Wildman–Crippen MR) is 77.8 cm³/mol. The fourth-order valence-corrected chi connectivity index (χ4v) is 1.62. The van der Waals surface area contributed by atoms with Gasteiger partial charge < -0.3 is 15.7 Å². The van der Waals surface area contributed by atoms with E-state index < -0.39 is 29.9 Å². The van der Waals surface area contributed by atoms with Crippen LogP contribution in [0, 0.1) is 0 Å². The number of carboxylic acids is 1. The van der Waals surface area contributed by atoms with E-state index in [1.807, 2.05) is 0 Å². The summed E-state index contributed by atoms with van der Waals surface area (Å²) < 4.78 is 0. The smallest absolute Gasteiger partial charge is 0.326 e. The molecule has 0 saturated heterocycles. The number of carbonyl (C=O) groups is 3. The van der Waals surface area contributed by atoms with E-state index in [0.29, 0.717) is 5.56 Å². The van der Waals surface area contributed by atoms with Crippen molar-refractivity contribution in [2.45, 2.75) is 25.4 Å². The Balaban J connectivity index is 2.60. The van der Waals surface area contributed by atoms with Gasteiger partial charge in [0.15, 0.2) is 0 Å². The minimum Gasteiger partial charge on any atom is -0.480 e. The van der Waals surface area contributed by atoms with Crippen LogP contribution in [0.5, 0.6) is 0 Å². The molecule has 112 valence electrons. The molecule has 1 rings (SSSR count). The van der Waals surface area contributed by atoms with E-state index >= 15 is 0 Å². The molecule has 3 N–H and O–H groups in total. The zero-order chi connectivity index (χ0) is 15.8. The highest BCUT2D eigenvalue weighted by atomic mass is 16.4. The molecule has 0 bridgehead atoms. The van der Waals surface area contributed by atoms with Gasteiger partial charge in [-0.2, -0.15) is 0 Å². The summed E-state index contributed by atoms with van der Waals surface area (Å²) in [6, 6.07) is 6.55. The van der Waals surface area contributed by atoms with E-state index in [1.165, 1.54) is 13.0 Å². The molecule has 2 atom stereocenters. The molecule has 0 spiro atoms. The van der Waals surface area contributed by atoms with Gasteiger partial charge in [-0.3, -0.25) is 9.59 Å². The first-order chi connectivity index (χ1) is 9.95. The van der Waals surface area contributed by atoms with Gasteiger partial charge in [0.05, 0.1) is 0 Å². The molecule has 1 aromatic carbocycles. The van der Waals surface area contributed by atoms with Crippen LogP contribution in [-0.2, 0) is 9.59 Å². The molecule has 21 heavy (non-hydrogen) atoms. The Kier molecular flexibility index (Phi) is 6.13. The third kappa shape index (κ3) is 5.10. The quantitative estimate of drug-likeness (QED) is 0.651. The first kappa shape index (κ1) is 16.4. The van der Waals surface area contributed by atoms with E-state index in [4.69, 9.17) is 5.11 Å². The summed E-state index contributed by atoms with van der Waals surface area (Å²) in [6.07, 6.45) is 1.52. The number of amides is 2. The van der Waals surface area contributed by atoms with Crippen molar-refractivity contribution in [2.24, 2.45) is 0 Å². The summed E-state index contributed by atoms with van der Waals surface area (Å²) in [5.74, 6) is -2.10.